The van der Waals surface area contributed by atoms with Crippen LogP contribution in [0, 0.1) is 11.2 Å². The third kappa shape index (κ3) is 4.41. The fourth-order valence-corrected chi connectivity index (χ4v) is 5.93. The Morgan fingerprint density at radius 3 is 2.74 bits per heavy atom. The number of H-pyrrole nitrogens is 1. The lowest BCUT2D eigenvalue weighted by Gasteiger charge is -2.40. The number of fused-ring (bicyclic) bond motifs is 2. The molecule has 1 atom stereocenters. The maximum atomic E-state index is 14.0. The Labute approximate surface area is 230 Å². The lowest BCUT2D eigenvalue weighted by atomic mass is 9.80. The van der Waals surface area contributed by atoms with Crippen molar-refractivity contribution in [2.45, 2.75) is 45.1 Å². The van der Waals surface area contributed by atoms with Gasteiger partial charge in [0.25, 0.3) is 0 Å². The maximum Gasteiger partial charge on any atom is 0.163 e. The quantitative estimate of drug-likeness (QED) is 0.229. The predicted octanol–water partition coefficient (Wildman–Crippen LogP) is 6.71. The fourth-order valence-electron chi connectivity index (χ4n) is 5.71. The summed E-state index contributed by atoms with van der Waals surface area (Å²) in [6.07, 6.45) is 8.89. The largest absolute Gasteiger partial charge is 0.366 e. The van der Waals surface area contributed by atoms with E-state index in [0.29, 0.717) is 33.7 Å². The van der Waals surface area contributed by atoms with Gasteiger partial charge in [0.05, 0.1) is 16.7 Å². The van der Waals surface area contributed by atoms with Gasteiger partial charge in [0.2, 0.25) is 0 Å². The van der Waals surface area contributed by atoms with Gasteiger partial charge in [-0.25, -0.2) is 19.3 Å². The number of nitrogens with zero attached hydrogens (tertiary/aromatic N) is 4. The van der Waals surface area contributed by atoms with E-state index in [2.05, 4.69) is 39.4 Å². The SMILES string of the molecule is CC1(C)CNCCC1Nc1nc(-c2ccnc3[nH]c(-c4cc(F)ccc4Cl)cc23)nc2cncc(C3CC3)c12. The summed E-state index contributed by atoms with van der Waals surface area (Å²) >= 11 is 6.41. The smallest absolute Gasteiger partial charge is 0.163 e. The molecule has 4 aromatic heterocycles. The number of nitrogens with one attached hydrogen (secondary N) is 3. The Hall–Kier alpha value is -3.62. The third-order valence-corrected chi connectivity index (χ3v) is 8.42. The van der Waals surface area contributed by atoms with Crippen molar-refractivity contribution in [3.8, 4) is 22.6 Å². The van der Waals surface area contributed by atoms with Gasteiger partial charge in [-0.15, -0.1) is 0 Å². The van der Waals surface area contributed by atoms with Crippen LogP contribution in [0.15, 0.2) is 48.9 Å². The summed E-state index contributed by atoms with van der Waals surface area (Å²) in [5.41, 5.74) is 4.86. The molecule has 5 heterocycles. The normalized spacial score (nSPS) is 19.0. The van der Waals surface area contributed by atoms with Crippen LogP contribution in [-0.4, -0.2) is 44.1 Å². The number of rotatable bonds is 5. The first kappa shape index (κ1) is 24.4. The Bertz CT molecular complexity index is 1730. The highest BCUT2D eigenvalue weighted by Crippen LogP contribution is 2.45. The van der Waals surface area contributed by atoms with Crippen LogP contribution in [0.5, 0.6) is 0 Å². The fraction of sp³-hybridized carbons (Fsp3) is 0.333. The number of anilines is 1. The van der Waals surface area contributed by atoms with Crippen molar-refractivity contribution in [3.63, 3.8) is 0 Å². The average molecular weight is 542 g/mol. The lowest BCUT2D eigenvalue weighted by Crippen LogP contribution is -2.49. The molecule has 1 aromatic carbocycles. The Kier molecular flexibility index (Phi) is 5.79. The van der Waals surface area contributed by atoms with Crippen LogP contribution >= 0.6 is 11.6 Å². The molecule has 1 saturated carbocycles. The minimum atomic E-state index is -0.352. The van der Waals surface area contributed by atoms with Crippen LogP contribution in [0.25, 0.3) is 44.6 Å². The predicted molar refractivity (Wildman–Crippen MR) is 153 cm³/mol. The van der Waals surface area contributed by atoms with E-state index in [4.69, 9.17) is 21.6 Å². The molecule has 1 unspecified atom stereocenters. The first-order valence-electron chi connectivity index (χ1n) is 13.4. The van der Waals surface area contributed by atoms with E-state index in [1.54, 1.807) is 12.3 Å². The summed E-state index contributed by atoms with van der Waals surface area (Å²) in [7, 11) is 0. The summed E-state index contributed by atoms with van der Waals surface area (Å²) < 4.78 is 14.0. The monoisotopic (exact) mass is 541 g/mol. The van der Waals surface area contributed by atoms with Crippen molar-refractivity contribution in [3.05, 3.63) is 65.3 Å². The van der Waals surface area contributed by atoms with E-state index in [1.165, 1.54) is 30.5 Å². The highest BCUT2D eigenvalue weighted by Gasteiger charge is 2.34. The summed E-state index contributed by atoms with van der Waals surface area (Å²) in [5, 5.41) is 9.73. The molecule has 5 aromatic rings. The molecular weight excluding hydrogens is 513 g/mol. The van der Waals surface area contributed by atoms with E-state index in [1.807, 2.05) is 24.5 Å². The molecule has 7 nitrogen and oxygen atoms in total. The van der Waals surface area contributed by atoms with Crippen LogP contribution < -0.4 is 10.6 Å². The van der Waals surface area contributed by atoms with Crippen LogP contribution in [-0.2, 0) is 0 Å². The molecule has 0 amide bonds. The second kappa shape index (κ2) is 9.24. The number of halogens is 2. The van der Waals surface area contributed by atoms with Gasteiger partial charge < -0.3 is 15.6 Å². The molecule has 198 valence electrons. The zero-order chi connectivity index (χ0) is 26.7. The van der Waals surface area contributed by atoms with Gasteiger partial charge in [0.1, 0.15) is 17.3 Å². The average Bonchev–Trinajstić information content (AvgIpc) is 3.68. The number of piperidine rings is 1. The van der Waals surface area contributed by atoms with E-state index in [9.17, 15) is 4.39 Å². The van der Waals surface area contributed by atoms with Crippen molar-refractivity contribution in [1.29, 1.82) is 0 Å². The zero-order valence-electron chi connectivity index (χ0n) is 21.9. The molecule has 2 aliphatic rings. The Morgan fingerprint density at radius 2 is 1.92 bits per heavy atom. The second-order valence-electron chi connectivity index (χ2n) is 11.4. The molecular formula is C30H29ClFN7. The van der Waals surface area contributed by atoms with Gasteiger partial charge in [-0.2, -0.15) is 0 Å². The van der Waals surface area contributed by atoms with E-state index < -0.39 is 0 Å². The molecule has 1 saturated heterocycles. The summed E-state index contributed by atoms with van der Waals surface area (Å²) in [5.74, 6) is 1.60. The summed E-state index contributed by atoms with van der Waals surface area (Å²) in [4.78, 5) is 22.6. The van der Waals surface area contributed by atoms with E-state index in [-0.39, 0.29) is 17.3 Å². The van der Waals surface area contributed by atoms with E-state index >= 15 is 0 Å². The van der Waals surface area contributed by atoms with Crippen LogP contribution in [0.4, 0.5) is 10.2 Å². The maximum absolute atomic E-state index is 14.0. The minimum absolute atomic E-state index is 0.0617. The number of hydrogen-bond donors (Lipinski definition) is 3. The molecule has 3 N–H and O–H groups in total. The molecule has 2 fully saturated rings. The van der Waals surface area contributed by atoms with Crippen molar-refractivity contribution >= 4 is 39.4 Å². The lowest BCUT2D eigenvalue weighted by molar-refractivity contribution is 0.236. The third-order valence-electron chi connectivity index (χ3n) is 8.09. The zero-order valence-corrected chi connectivity index (χ0v) is 22.6. The Morgan fingerprint density at radius 1 is 1.05 bits per heavy atom. The van der Waals surface area contributed by atoms with Crippen molar-refractivity contribution < 1.29 is 4.39 Å². The molecule has 1 aliphatic heterocycles. The number of hydrogen-bond acceptors (Lipinski definition) is 6. The topological polar surface area (TPSA) is 91.4 Å². The van der Waals surface area contributed by atoms with Gasteiger partial charge in [-0.1, -0.05) is 25.4 Å². The van der Waals surface area contributed by atoms with Gasteiger partial charge >= 0.3 is 0 Å². The van der Waals surface area contributed by atoms with Crippen molar-refractivity contribution in [1.82, 2.24) is 30.2 Å². The van der Waals surface area contributed by atoms with Crippen LogP contribution in [0.2, 0.25) is 5.02 Å². The number of pyridine rings is 2. The molecule has 1 aliphatic carbocycles. The summed E-state index contributed by atoms with van der Waals surface area (Å²) in [6, 6.07) is 8.45. The van der Waals surface area contributed by atoms with Gasteiger partial charge in [-0.05, 0) is 73.0 Å². The Balaban J connectivity index is 1.40. The number of aromatic nitrogens is 5. The first-order chi connectivity index (χ1) is 18.9. The molecule has 9 heteroatoms. The molecule has 0 radical (unpaired) electrons. The van der Waals surface area contributed by atoms with Gasteiger partial charge in [-0.3, -0.25) is 4.98 Å². The van der Waals surface area contributed by atoms with Gasteiger partial charge in [0.15, 0.2) is 5.82 Å². The van der Waals surface area contributed by atoms with Crippen molar-refractivity contribution in [2.24, 2.45) is 5.41 Å². The van der Waals surface area contributed by atoms with Gasteiger partial charge in [0, 0.05) is 52.6 Å². The highest BCUT2D eigenvalue weighted by molar-refractivity contribution is 6.33. The summed E-state index contributed by atoms with van der Waals surface area (Å²) in [6.45, 7) is 6.48. The highest BCUT2D eigenvalue weighted by atomic mass is 35.5. The molecule has 0 bridgehead atoms. The molecule has 7 rings (SSSR count). The second-order valence-corrected chi connectivity index (χ2v) is 11.8. The van der Waals surface area contributed by atoms with Crippen LogP contribution in [0.3, 0.4) is 0 Å². The number of aromatic amines is 1. The first-order valence-corrected chi connectivity index (χ1v) is 13.8. The molecule has 0 spiro atoms. The minimum Gasteiger partial charge on any atom is -0.366 e. The van der Waals surface area contributed by atoms with E-state index in [0.717, 1.165) is 47.2 Å². The van der Waals surface area contributed by atoms with Crippen molar-refractivity contribution in [2.75, 3.05) is 18.4 Å². The standard InChI is InChI=1S/C30H29ClFN7/c1-30(2)15-33-9-8-25(30)38-29-26-21(16-3-4-16)13-34-14-24(26)37-28(39-29)18-7-10-35-27-19(18)12-23(36-27)20-11-17(32)5-6-22(20)31/h5-7,10-14,16,25,33H,3-4,8-9,15H2,1-2H3,(H,35,36)(H,37,38,39). The number of benzene rings is 1. The molecule has 39 heavy (non-hydrogen) atoms. The van der Waals surface area contributed by atoms with Crippen LogP contribution in [0.1, 0.15) is 44.6 Å².